The van der Waals surface area contributed by atoms with Gasteiger partial charge in [0.25, 0.3) is 0 Å². The third kappa shape index (κ3) is 3.00. The molecule has 1 saturated carbocycles. The first-order valence-corrected chi connectivity index (χ1v) is 8.60. The highest BCUT2D eigenvalue weighted by Gasteiger charge is 2.23. The Morgan fingerprint density at radius 1 is 1.21 bits per heavy atom. The van der Waals surface area contributed by atoms with Gasteiger partial charge in [-0.2, -0.15) is 0 Å². The normalized spacial score (nSPS) is 14.3. The van der Waals surface area contributed by atoms with Crippen LogP contribution in [0.3, 0.4) is 0 Å². The van der Waals surface area contributed by atoms with Crippen LogP contribution in [0, 0.1) is 17.6 Å². The summed E-state index contributed by atoms with van der Waals surface area (Å²) in [6, 6.07) is 7.29. The van der Waals surface area contributed by atoms with Crippen molar-refractivity contribution in [2.24, 2.45) is 5.92 Å². The average Bonchev–Trinajstić information content (AvgIpc) is 3.29. The van der Waals surface area contributed by atoms with Crippen LogP contribution in [0.5, 0.6) is 0 Å². The van der Waals surface area contributed by atoms with Crippen molar-refractivity contribution in [1.29, 1.82) is 0 Å². The van der Waals surface area contributed by atoms with Gasteiger partial charge in [-0.15, -0.1) is 5.10 Å². The largest absolute Gasteiger partial charge is 0.380 e. The number of benzene rings is 2. The number of nitrogens with zero attached hydrogens (tertiary/aromatic N) is 3. The van der Waals surface area contributed by atoms with Crippen molar-refractivity contribution in [2.75, 3.05) is 5.32 Å². The van der Waals surface area contributed by atoms with E-state index in [1.807, 2.05) is 16.8 Å². The highest BCUT2D eigenvalue weighted by atomic mass is 79.9. The standard InChI is InChI=1S/C17H15BrF2N4/c18-16-14(21-8-11-7-12(19)3-4-13(11)20)5-6-15-17(16)22-23-24(15)9-10-1-2-10/h3-7,10,21H,1-2,8-9H2. The molecule has 0 aliphatic heterocycles. The lowest BCUT2D eigenvalue weighted by Crippen LogP contribution is -2.04. The fourth-order valence-electron chi connectivity index (χ4n) is 2.69. The van der Waals surface area contributed by atoms with Crippen molar-refractivity contribution >= 4 is 32.7 Å². The molecule has 24 heavy (non-hydrogen) atoms. The third-order valence-corrected chi connectivity index (χ3v) is 5.03. The topological polar surface area (TPSA) is 42.7 Å². The quantitative estimate of drug-likeness (QED) is 0.695. The first-order valence-electron chi connectivity index (χ1n) is 7.81. The smallest absolute Gasteiger partial charge is 0.129 e. The summed E-state index contributed by atoms with van der Waals surface area (Å²) < 4.78 is 29.7. The SMILES string of the molecule is Fc1ccc(F)c(CNc2ccc3c(nnn3CC3CC3)c2Br)c1. The summed E-state index contributed by atoms with van der Waals surface area (Å²) in [7, 11) is 0. The number of hydrogen-bond acceptors (Lipinski definition) is 3. The predicted molar refractivity (Wildman–Crippen MR) is 91.6 cm³/mol. The third-order valence-electron chi connectivity index (χ3n) is 4.23. The zero-order valence-electron chi connectivity index (χ0n) is 12.8. The molecule has 1 aliphatic carbocycles. The summed E-state index contributed by atoms with van der Waals surface area (Å²) in [5, 5.41) is 11.6. The Hall–Kier alpha value is -2.02. The van der Waals surface area contributed by atoms with E-state index < -0.39 is 11.6 Å². The maximum absolute atomic E-state index is 13.7. The Labute approximate surface area is 146 Å². The molecule has 124 valence electrons. The van der Waals surface area contributed by atoms with Gasteiger partial charge in [-0.25, -0.2) is 13.5 Å². The molecule has 4 nitrogen and oxygen atoms in total. The van der Waals surface area contributed by atoms with Crippen LogP contribution in [0.2, 0.25) is 0 Å². The van der Waals surface area contributed by atoms with Gasteiger partial charge in [0.2, 0.25) is 0 Å². The number of aromatic nitrogens is 3. The Balaban J connectivity index is 1.58. The van der Waals surface area contributed by atoms with E-state index >= 15 is 0 Å². The van der Waals surface area contributed by atoms with Gasteiger partial charge < -0.3 is 5.32 Å². The number of fused-ring (bicyclic) bond motifs is 1. The van der Waals surface area contributed by atoms with E-state index in [-0.39, 0.29) is 12.1 Å². The van der Waals surface area contributed by atoms with Crippen LogP contribution < -0.4 is 5.32 Å². The number of hydrogen-bond donors (Lipinski definition) is 1. The molecule has 4 rings (SSSR count). The Bertz CT molecular complexity index is 905. The van der Waals surface area contributed by atoms with Crippen molar-refractivity contribution in [3.63, 3.8) is 0 Å². The molecule has 0 spiro atoms. The lowest BCUT2D eigenvalue weighted by Gasteiger charge is -2.10. The maximum Gasteiger partial charge on any atom is 0.129 e. The van der Waals surface area contributed by atoms with Crippen LogP contribution >= 0.6 is 15.9 Å². The predicted octanol–water partition coefficient (Wildman–Crippen LogP) is 4.49. The van der Waals surface area contributed by atoms with Crippen LogP contribution in [0.15, 0.2) is 34.8 Å². The first-order chi connectivity index (χ1) is 11.6. The van der Waals surface area contributed by atoms with Crippen LogP contribution in [-0.2, 0) is 13.1 Å². The highest BCUT2D eigenvalue weighted by Crippen LogP contribution is 2.34. The van der Waals surface area contributed by atoms with Crippen LogP contribution in [0.1, 0.15) is 18.4 Å². The van der Waals surface area contributed by atoms with E-state index in [0.29, 0.717) is 5.92 Å². The van der Waals surface area contributed by atoms with Gasteiger partial charge in [-0.1, -0.05) is 5.21 Å². The molecule has 3 aromatic rings. The molecule has 1 N–H and O–H groups in total. The summed E-state index contributed by atoms with van der Waals surface area (Å²) in [5.74, 6) is -0.176. The van der Waals surface area contributed by atoms with Crippen molar-refractivity contribution in [3.05, 3.63) is 52.0 Å². The lowest BCUT2D eigenvalue weighted by atomic mass is 10.2. The van der Waals surface area contributed by atoms with Gasteiger partial charge in [0.1, 0.15) is 17.2 Å². The molecule has 0 bridgehead atoms. The minimum Gasteiger partial charge on any atom is -0.380 e. The second kappa shape index (κ2) is 6.12. The number of nitrogens with one attached hydrogen (secondary N) is 1. The molecule has 0 amide bonds. The Morgan fingerprint density at radius 3 is 2.83 bits per heavy atom. The van der Waals surface area contributed by atoms with E-state index in [4.69, 9.17) is 0 Å². The summed E-state index contributed by atoms with van der Waals surface area (Å²) in [6.45, 7) is 1.08. The van der Waals surface area contributed by atoms with Gasteiger partial charge in [0.05, 0.1) is 15.7 Å². The van der Waals surface area contributed by atoms with Crippen LogP contribution in [-0.4, -0.2) is 15.0 Å². The zero-order chi connectivity index (χ0) is 16.7. The Kier molecular flexibility index (Phi) is 3.96. The molecule has 1 fully saturated rings. The van der Waals surface area contributed by atoms with Gasteiger partial charge in [-0.3, -0.25) is 0 Å². The van der Waals surface area contributed by atoms with Crippen LogP contribution in [0.4, 0.5) is 14.5 Å². The molecular weight excluding hydrogens is 378 g/mol. The lowest BCUT2D eigenvalue weighted by molar-refractivity contribution is 0.559. The second-order valence-electron chi connectivity index (χ2n) is 6.10. The molecule has 0 atom stereocenters. The summed E-state index contributed by atoms with van der Waals surface area (Å²) in [6.07, 6.45) is 2.50. The van der Waals surface area contributed by atoms with Crippen molar-refractivity contribution in [1.82, 2.24) is 15.0 Å². The number of rotatable bonds is 5. The average molecular weight is 393 g/mol. The fraction of sp³-hybridized carbons (Fsp3) is 0.294. The molecule has 0 unspecified atom stereocenters. The summed E-state index contributed by atoms with van der Waals surface area (Å²) >= 11 is 3.54. The maximum atomic E-state index is 13.7. The Morgan fingerprint density at radius 2 is 2.04 bits per heavy atom. The minimum absolute atomic E-state index is 0.184. The number of halogens is 3. The van der Waals surface area contributed by atoms with Gasteiger partial charge in [0, 0.05) is 18.7 Å². The van der Waals surface area contributed by atoms with Crippen LogP contribution in [0.25, 0.3) is 11.0 Å². The van der Waals surface area contributed by atoms with Crippen molar-refractivity contribution in [3.8, 4) is 0 Å². The molecule has 1 aliphatic rings. The van der Waals surface area contributed by atoms with Crippen molar-refractivity contribution < 1.29 is 8.78 Å². The minimum atomic E-state index is -0.453. The van der Waals surface area contributed by atoms with Gasteiger partial charge >= 0.3 is 0 Å². The number of anilines is 1. The zero-order valence-corrected chi connectivity index (χ0v) is 14.4. The van der Waals surface area contributed by atoms with Gasteiger partial charge in [0.15, 0.2) is 0 Å². The summed E-state index contributed by atoms with van der Waals surface area (Å²) in [5.41, 5.74) is 2.78. The molecule has 7 heteroatoms. The van der Waals surface area contributed by atoms with E-state index in [2.05, 4.69) is 31.6 Å². The summed E-state index contributed by atoms with van der Waals surface area (Å²) in [4.78, 5) is 0. The second-order valence-corrected chi connectivity index (χ2v) is 6.89. The molecular formula is C17H15BrF2N4. The first kappa shape index (κ1) is 15.5. The van der Waals surface area contributed by atoms with E-state index in [1.54, 1.807) is 0 Å². The molecule has 0 saturated heterocycles. The fourth-order valence-corrected chi connectivity index (χ4v) is 3.25. The highest BCUT2D eigenvalue weighted by molar-refractivity contribution is 9.10. The molecule has 1 aromatic heterocycles. The van der Waals surface area contributed by atoms with E-state index in [9.17, 15) is 8.78 Å². The molecule has 0 radical (unpaired) electrons. The monoisotopic (exact) mass is 392 g/mol. The van der Waals surface area contributed by atoms with Gasteiger partial charge in [-0.05, 0) is 65.0 Å². The van der Waals surface area contributed by atoms with Crippen molar-refractivity contribution in [2.45, 2.75) is 25.9 Å². The van der Waals surface area contributed by atoms with E-state index in [1.165, 1.54) is 18.9 Å². The molecule has 1 heterocycles. The molecule has 2 aromatic carbocycles. The van der Waals surface area contributed by atoms with E-state index in [0.717, 1.165) is 39.9 Å².